The second-order valence-corrected chi connectivity index (χ2v) is 6.08. The van der Waals surface area contributed by atoms with Gasteiger partial charge in [0.1, 0.15) is 5.41 Å². The topological polar surface area (TPSA) is 73.6 Å². The highest BCUT2D eigenvalue weighted by Crippen LogP contribution is 2.31. The molecule has 0 aromatic rings. The summed E-state index contributed by atoms with van der Waals surface area (Å²) in [4.78, 5) is 12.6. The van der Waals surface area contributed by atoms with Crippen LogP contribution in [0.4, 0.5) is 0 Å². The quantitative estimate of drug-likeness (QED) is 0.521. The monoisotopic (exact) mass is 302 g/mol. The van der Waals surface area contributed by atoms with Crippen LogP contribution >= 0.6 is 12.2 Å². The Kier molecular flexibility index (Phi) is 7.40. The molecule has 1 heterocycles. The lowest BCUT2D eigenvalue weighted by molar-refractivity contribution is -0.131. The predicted molar refractivity (Wildman–Crippen MR) is 82.6 cm³/mol. The number of carbonyl (C=O) groups excluding carboxylic acids is 1. The molecule has 1 fully saturated rings. The van der Waals surface area contributed by atoms with Gasteiger partial charge in [-0.3, -0.25) is 4.79 Å². The van der Waals surface area contributed by atoms with E-state index in [1.54, 1.807) is 0 Å². The third kappa shape index (κ3) is 5.00. The van der Waals surface area contributed by atoms with Crippen LogP contribution in [0.1, 0.15) is 33.1 Å². The smallest absolute Gasteiger partial charge is 0.233 e. The summed E-state index contributed by atoms with van der Waals surface area (Å²) in [7, 11) is 0. The molecule has 0 radical (unpaired) electrons. The fourth-order valence-corrected chi connectivity index (χ4v) is 2.47. The highest BCUT2D eigenvalue weighted by Gasteiger charge is 2.42. The third-order valence-corrected chi connectivity index (χ3v) is 3.85. The van der Waals surface area contributed by atoms with Gasteiger partial charge in [0.2, 0.25) is 5.91 Å². The van der Waals surface area contributed by atoms with Gasteiger partial charge in [0, 0.05) is 33.0 Å². The molecular formula is C14H26N2O3S. The fraction of sp³-hybridized carbons (Fsp3) is 0.857. The number of hydrogen-bond acceptors (Lipinski definition) is 4. The zero-order valence-corrected chi connectivity index (χ0v) is 13.3. The van der Waals surface area contributed by atoms with Crippen LogP contribution in [0.15, 0.2) is 0 Å². The summed E-state index contributed by atoms with van der Waals surface area (Å²) in [6.07, 6.45) is 1.93. The molecule has 0 aliphatic carbocycles. The van der Waals surface area contributed by atoms with Crippen LogP contribution in [0.25, 0.3) is 0 Å². The molecule has 0 unspecified atom stereocenters. The summed E-state index contributed by atoms with van der Waals surface area (Å²) in [6, 6.07) is 0. The van der Waals surface area contributed by atoms with Crippen molar-refractivity contribution in [2.75, 3.05) is 33.0 Å². The van der Waals surface area contributed by atoms with Gasteiger partial charge in [-0.15, -0.1) is 0 Å². The van der Waals surface area contributed by atoms with E-state index in [1.165, 1.54) is 0 Å². The molecule has 0 spiro atoms. The Morgan fingerprint density at radius 3 is 2.65 bits per heavy atom. The number of rotatable bonds is 8. The maximum atomic E-state index is 12.3. The van der Waals surface area contributed by atoms with Crippen molar-refractivity contribution in [3.05, 3.63) is 0 Å². The van der Waals surface area contributed by atoms with Crippen molar-refractivity contribution in [2.45, 2.75) is 33.1 Å². The average Bonchev–Trinajstić information content (AvgIpc) is 2.42. The molecule has 0 aromatic heterocycles. The van der Waals surface area contributed by atoms with E-state index in [0.717, 1.165) is 13.0 Å². The van der Waals surface area contributed by atoms with Gasteiger partial charge in [-0.25, -0.2) is 0 Å². The normalized spacial score (nSPS) is 17.9. The van der Waals surface area contributed by atoms with E-state index in [2.05, 4.69) is 19.2 Å². The van der Waals surface area contributed by atoms with Gasteiger partial charge < -0.3 is 20.5 Å². The SMILES string of the molecule is CC(C)COCCCNC(=O)C1(C(N)=S)CCOCC1. The van der Waals surface area contributed by atoms with E-state index in [0.29, 0.717) is 45.1 Å². The lowest BCUT2D eigenvalue weighted by atomic mass is 9.79. The molecule has 3 N–H and O–H groups in total. The summed E-state index contributed by atoms with van der Waals surface area (Å²) >= 11 is 5.09. The molecule has 116 valence electrons. The Morgan fingerprint density at radius 1 is 1.45 bits per heavy atom. The Bertz CT molecular complexity index is 328. The van der Waals surface area contributed by atoms with E-state index < -0.39 is 5.41 Å². The molecule has 6 heteroatoms. The zero-order valence-electron chi connectivity index (χ0n) is 12.4. The maximum absolute atomic E-state index is 12.3. The average molecular weight is 302 g/mol. The van der Waals surface area contributed by atoms with Crippen LogP contribution < -0.4 is 11.1 Å². The van der Waals surface area contributed by atoms with E-state index in [9.17, 15) is 4.79 Å². The van der Waals surface area contributed by atoms with Gasteiger partial charge in [0.15, 0.2) is 0 Å². The number of nitrogens with two attached hydrogens (primary N) is 1. The molecule has 0 saturated carbocycles. The van der Waals surface area contributed by atoms with Crippen molar-refractivity contribution >= 4 is 23.1 Å². The summed E-state index contributed by atoms with van der Waals surface area (Å²) in [6.45, 7) is 7.27. The van der Waals surface area contributed by atoms with Gasteiger partial charge in [0.05, 0.1) is 4.99 Å². The Labute approximate surface area is 126 Å². The summed E-state index contributed by atoms with van der Waals surface area (Å²) in [5.41, 5.74) is 5.05. The molecule has 0 bridgehead atoms. The number of ether oxygens (including phenoxy) is 2. The molecule has 0 aromatic carbocycles. The third-order valence-electron chi connectivity index (χ3n) is 3.45. The van der Waals surface area contributed by atoms with Crippen LogP contribution in [-0.2, 0) is 14.3 Å². The summed E-state index contributed by atoms with van der Waals surface area (Å²) in [5.74, 6) is 0.460. The first-order valence-electron chi connectivity index (χ1n) is 7.23. The molecule has 1 rings (SSSR count). The second-order valence-electron chi connectivity index (χ2n) is 5.64. The number of thiocarbonyl (C=S) groups is 1. The van der Waals surface area contributed by atoms with Crippen molar-refractivity contribution < 1.29 is 14.3 Å². The van der Waals surface area contributed by atoms with Crippen molar-refractivity contribution in [3.8, 4) is 0 Å². The molecule has 0 atom stereocenters. The zero-order chi connectivity index (χ0) is 15.0. The molecule has 20 heavy (non-hydrogen) atoms. The first-order chi connectivity index (χ1) is 9.49. The Hall–Kier alpha value is -0.720. The summed E-state index contributed by atoms with van der Waals surface area (Å²) in [5, 5.41) is 2.92. The Balaban J connectivity index is 2.31. The minimum absolute atomic E-state index is 0.0721. The first-order valence-corrected chi connectivity index (χ1v) is 7.63. The van der Waals surface area contributed by atoms with E-state index in [1.807, 2.05) is 0 Å². The molecule has 5 nitrogen and oxygen atoms in total. The molecule has 1 amide bonds. The molecule has 1 aliphatic heterocycles. The largest absolute Gasteiger partial charge is 0.392 e. The van der Waals surface area contributed by atoms with Crippen LogP contribution in [0.2, 0.25) is 0 Å². The highest BCUT2D eigenvalue weighted by molar-refractivity contribution is 7.80. The fourth-order valence-electron chi connectivity index (χ4n) is 2.17. The summed E-state index contributed by atoms with van der Waals surface area (Å²) < 4.78 is 10.8. The number of amides is 1. The maximum Gasteiger partial charge on any atom is 0.233 e. The molecule has 1 saturated heterocycles. The van der Waals surface area contributed by atoms with Crippen LogP contribution in [0.5, 0.6) is 0 Å². The predicted octanol–water partition coefficient (Wildman–Crippen LogP) is 1.25. The first kappa shape index (κ1) is 17.3. The van der Waals surface area contributed by atoms with E-state index >= 15 is 0 Å². The molecular weight excluding hydrogens is 276 g/mol. The minimum atomic E-state index is -0.730. The van der Waals surface area contributed by atoms with Crippen molar-refractivity contribution in [1.29, 1.82) is 0 Å². The second kappa shape index (κ2) is 8.54. The lowest BCUT2D eigenvalue weighted by Crippen LogP contribution is -2.52. The van der Waals surface area contributed by atoms with Crippen LogP contribution in [0, 0.1) is 11.3 Å². The standard InChI is InChI=1S/C14H26N2O3S/c1-11(2)10-19-7-3-6-16-13(17)14(12(15)20)4-8-18-9-5-14/h11H,3-10H2,1-2H3,(H2,15,20)(H,16,17). The van der Waals surface area contributed by atoms with Gasteiger partial charge >= 0.3 is 0 Å². The van der Waals surface area contributed by atoms with Crippen molar-refractivity contribution in [2.24, 2.45) is 17.1 Å². The van der Waals surface area contributed by atoms with Crippen LogP contribution in [-0.4, -0.2) is 43.9 Å². The van der Waals surface area contributed by atoms with Gasteiger partial charge in [0.25, 0.3) is 0 Å². The van der Waals surface area contributed by atoms with E-state index in [4.69, 9.17) is 27.4 Å². The minimum Gasteiger partial charge on any atom is -0.392 e. The van der Waals surface area contributed by atoms with E-state index in [-0.39, 0.29) is 10.9 Å². The van der Waals surface area contributed by atoms with Crippen molar-refractivity contribution in [3.63, 3.8) is 0 Å². The Morgan fingerprint density at radius 2 is 2.10 bits per heavy atom. The highest BCUT2D eigenvalue weighted by atomic mass is 32.1. The number of hydrogen-bond donors (Lipinski definition) is 2. The molecule has 1 aliphatic rings. The van der Waals surface area contributed by atoms with Gasteiger partial charge in [-0.05, 0) is 25.2 Å². The number of nitrogens with one attached hydrogen (secondary N) is 1. The van der Waals surface area contributed by atoms with Crippen molar-refractivity contribution in [1.82, 2.24) is 5.32 Å². The number of carbonyl (C=O) groups is 1. The van der Waals surface area contributed by atoms with Crippen LogP contribution in [0.3, 0.4) is 0 Å². The lowest BCUT2D eigenvalue weighted by Gasteiger charge is -2.34. The van der Waals surface area contributed by atoms with Gasteiger partial charge in [-0.2, -0.15) is 0 Å². The van der Waals surface area contributed by atoms with Gasteiger partial charge in [-0.1, -0.05) is 26.1 Å².